The fourth-order valence-corrected chi connectivity index (χ4v) is 6.25. The lowest BCUT2D eigenvalue weighted by atomic mass is 9.76. The number of nitrogens with two attached hydrogens (primary N) is 1. The first-order valence-corrected chi connectivity index (χ1v) is 11.4. The molecule has 2 aromatic rings. The predicted molar refractivity (Wildman–Crippen MR) is 113 cm³/mol. The number of hydrogen-bond acceptors (Lipinski definition) is 5. The van der Waals surface area contributed by atoms with Crippen LogP contribution in [0.1, 0.15) is 49.9 Å². The van der Waals surface area contributed by atoms with E-state index in [1.54, 1.807) is 0 Å². The number of alkyl halides is 3. The molecule has 4 aliphatic rings. The van der Waals surface area contributed by atoms with Crippen molar-refractivity contribution in [3.05, 3.63) is 29.6 Å². The van der Waals surface area contributed by atoms with Crippen molar-refractivity contribution in [3.8, 4) is 11.3 Å². The summed E-state index contributed by atoms with van der Waals surface area (Å²) in [6.07, 6.45) is -0.756. The second-order valence-corrected chi connectivity index (χ2v) is 10.5. The summed E-state index contributed by atoms with van der Waals surface area (Å²) in [5.74, 6) is 1.23. The number of halogens is 3. The summed E-state index contributed by atoms with van der Waals surface area (Å²) in [4.78, 5) is 6.41. The van der Waals surface area contributed by atoms with Crippen LogP contribution in [0.3, 0.4) is 0 Å². The van der Waals surface area contributed by atoms with Crippen LogP contribution in [0.15, 0.2) is 18.3 Å². The maximum atomic E-state index is 13.3. The number of anilines is 1. The monoisotopic (exact) mass is 447 g/mol. The molecule has 2 aromatic heterocycles. The van der Waals surface area contributed by atoms with E-state index in [0.29, 0.717) is 40.5 Å². The van der Waals surface area contributed by atoms with Crippen LogP contribution in [-0.2, 0) is 10.9 Å². The molecular weight excluding hydrogens is 419 g/mol. The van der Waals surface area contributed by atoms with Crippen LogP contribution in [0.5, 0.6) is 0 Å². The third-order valence-corrected chi connectivity index (χ3v) is 7.94. The van der Waals surface area contributed by atoms with Gasteiger partial charge in [-0.05, 0) is 50.7 Å². The van der Waals surface area contributed by atoms with Gasteiger partial charge < -0.3 is 10.5 Å². The summed E-state index contributed by atoms with van der Waals surface area (Å²) in [6.45, 7) is 8.28. The minimum absolute atomic E-state index is 0.133. The van der Waals surface area contributed by atoms with Crippen molar-refractivity contribution < 1.29 is 17.9 Å². The van der Waals surface area contributed by atoms with Gasteiger partial charge in [0.25, 0.3) is 0 Å². The number of fused-ring (bicyclic) bond motifs is 1. The Kier molecular flexibility index (Phi) is 4.28. The molecule has 2 unspecified atom stereocenters. The number of rotatable bonds is 4. The zero-order valence-electron chi connectivity index (χ0n) is 18.3. The number of hydrogen-bond donors (Lipinski definition) is 1. The van der Waals surface area contributed by atoms with Gasteiger partial charge in [0.15, 0.2) is 0 Å². The number of pyridine rings is 1. The van der Waals surface area contributed by atoms with Crippen molar-refractivity contribution in [2.75, 3.05) is 32.0 Å². The third-order valence-electron chi connectivity index (χ3n) is 7.94. The van der Waals surface area contributed by atoms with Gasteiger partial charge in [0.2, 0.25) is 0 Å². The summed E-state index contributed by atoms with van der Waals surface area (Å²) in [5, 5.41) is 4.68. The number of ether oxygens (including phenoxy) is 1. The molecule has 32 heavy (non-hydrogen) atoms. The van der Waals surface area contributed by atoms with E-state index < -0.39 is 17.6 Å². The van der Waals surface area contributed by atoms with Crippen molar-refractivity contribution in [2.24, 2.45) is 17.3 Å². The van der Waals surface area contributed by atoms with Gasteiger partial charge in [0.05, 0.1) is 24.5 Å². The van der Waals surface area contributed by atoms with Crippen LogP contribution in [0.25, 0.3) is 11.3 Å². The van der Waals surface area contributed by atoms with Gasteiger partial charge >= 0.3 is 6.18 Å². The lowest BCUT2D eigenvalue weighted by Crippen LogP contribution is -2.67. The highest BCUT2D eigenvalue weighted by Crippen LogP contribution is 2.65. The minimum atomic E-state index is -4.54. The van der Waals surface area contributed by atoms with E-state index >= 15 is 0 Å². The molecule has 2 atom stereocenters. The molecule has 6 rings (SSSR count). The van der Waals surface area contributed by atoms with Crippen molar-refractivity contribution in [2.45, 2.75) is 50.9 Å². The Labute approximate surface area is 184 Å². The fourth-order valence-electron chi connectivity index (χ4n) is 6.25. The van der Waals surface area contributed by atoms with Gasteiger partial charge in [-0.1, -0.05) is 0 Å². The van der Waals surface area contributed by atoms with E-state index in [0.717, 1.165) is 25.0 Å². The second-order valence-electron chi connectivity index (χ2n) is 10.5. The maximum Gasteiger partial charge on any atom is 0.419 e. The number of likely N-dealkylation sites (tertiary alicyclic amines) is 1. The molecule has 0 bridgehead atoms. The van der Waals surface area contributed by atoms with Crippen molar-refractivity contribution in [1.29, 1.82) is 0 Å². The summed E-state index contributed by atoms with van der Waals surface area (Å²) in [6, 6.07) is 3.83. The highest BCUT2D eigenvalue weighted by Gasteiger charge is 2.61. The summed E-state index contributed by atoms with van der Waals surface area (Å²) < 4.78 is 47.3. The third kappa shape index (κ3) is 3.08. The SMILES string of the molecule is CC(C)n1nc(-c2cnc(N)c(C(F)(F)F)c2)cc1C1C2CC(N3CC4(COC4)C3)CC21. The van der Waals surface area contributed by atoms with Crippen LogP contribution < -0.4 is 5.73 Å². The van der Waals surface area contributed by atoms with Crippen LogP contribution in [0.2, 0.25) is 0 Å². The quantitative estimate of drug-likeness (QED) is 0.769. The Bertz CT molecular complexity index is 1040. The van der Waals surface area contributed by atoms with E-state index in [1.165, 1.54) is 32.1 Å². The van der Waals surface area contributed by atoms with Crippen molar-refractivity contribution >= 4 is 5.82 Å². The number of aromatic nitrogens is 3. The highest BCUT2D eigenvalue weighted by atomic mass is 19.4. The van der Waals surface area contributed by atoms with Crippen molar-refractivity contribution in [1.82, 2.24) is 19.7 Å². The van der Waals surface area contributed by atoms with Crippen LogP contribution in [0, 0.1) is 17.3 Å². The smallest absolute Gasteiger partial charge is 0.383 e. The molecule has 9 heteroatoms. The predicted octanol–water partition coefficient (Wildman–Crippen LogP) is 3.95. The van der Waals surface area contributed by atoms with Crippen LogP contribution >= 0.6 is 0 Å². The summed E-state index contributed by atoms with van der Waals surface area (Å²) in [7, 11) is 0. The standard InChI is InChI=1S/C23H28F3N5O/c1-12(2)31-19(6-18(29-31)13-3-17(23(24,25)26)21(27)28-7-13)20-15-4-14(5-16(15)20)30-8-22(9-30)10-32-11-22/h3,6-7,12,14-16,20H,4-5,8-11H2,1-2H3,(H2,27,28). The molecule has 4 fully saturated rings. The van der Waals surface area contributed by atoms with Gasteiger partial charge in [-0.25, -0.2) is 4.98 Å². The Balaban J connectivity index is 1.21. The number of nitrogen functional groups attached to an aromatic ring is 1. The van der Waals surface area contributed by atoms with E-state index in [1.807, 2.05) is 10.7 Å². The molecule has 4 heterocycles. The van der Waals surface area contributed by atoms with E-state index in [4.69, 9.17) is 10.5 Å². The zero-order chi connectivity index (χ0) is 22.4. The first kappa shape index (κ1) is 20.5. The maximum absolute atomic E-state index is 13.3. The summed E-state index contributed by atoms with van der Waals surface area (Å²) in [5.41, 5.74) is 7.03. The molecule has 2 aliphatic carbocycles. The van der Waals surface area contributed by atoms with Crippen LogP contribution in [-0.4, -0.2) is 52.0 Å². The molecule has 2 N–H and O–H groups in total. The Morgan fingerprint density at radius 1 is 1.16 bits per heavy atom. The van der Waals surface area contributed by atoms with Gasteiger partial charge in [0.1, 0.15) is 5.82 Å². The molecular formula is C23H28F3N5O. The van der Waals surface area contributed by atoms with Gasteiger partial charge in [0, 0.05) is 54.0 Å². The van der Waals surface area contributed by atoms with Gasteiger partial charge in [-0.15, -0.1) is 0 Å². The van der Waals surface area contributed by atoms with E-state index in [2.05, 4.69) is 28.8 Å². The van der Waals surface area contributed by atoms with E-state index in [9.17, 15) is 13.2 Å². The lowest BCUT2D eigenvalue weighted by Gasteiger charge is -2.57. The Morgan fingerprint density at radius 2 is 1.84 bits per heavy atom. The van der Waals surface area contributed by atoms with Gasteiger partial charge in [-0.2, -0.15) is 18.3 Å². The molecule has 1 spiro atoms. The summed E-state index contributed by atoms with van der Waals surface area (Å²) >= 11 is 0. The molecule has 2 aliphatic heterocycles. The largest absolute Gasteiger partial charge is 0.419 e. The highest BCUT2D eigenvalue weighted by molar-refractivity contribution is 5.63. The Morgan fingerprint density at radius 3 is 2.41 bits per heavy atom. The molecule has 2 saturated heterocycles. The minimum Gasteiger partial charge on any atom is -0.383 e. The average molecular weight is 448 g/mol. The first-order valence-electron chi connectivity index (χ1n) is 11.4. The number of nitrogens with zero attached hydrogens (tertiary/aromatic N) is 4. The lowest BCUT2D eigenvalue weighted by molar-refractivity contribution is -0.198. The van der Waals surface area contributed by atoms with Gasteiger partial charge in [-0.3, -0.25) is 9.58 Å². The molecule has 0 aromatic carbocycles. The Hall–Kier alpha value is -2.13. The molecule has 6 nitrogen and oxygen atoms in total. The fraction of sp³-hybridized carbons (Fsp3) is 0.652. The van der Waals surface area contributed by atoms with Crippen LogP contribution in [0.4, 0.5) is 19.0 Å². The topological polar surface area (TPSA) is 69.2 Å². The molecule has 0 radical (unpaired) electrons. The normalized spacial score (nSPS) is 30.9. The molecule has 2 saturated carbocycles. The average Bonchev–Trinajstić information content (AvgIpc) is 3.02. The van der Waals surface area contributed by atoms with Crippen molar-refractivity contribution in [3.63, 3.8) is 0 Å². The van der Waals surface area contributed by atoms with E-state index in [-0.39, 0.29) is 6.04 Å². The second kappa shape index (κ2) is 6.70. The molecule has 0 amide bonds. The molecule has 172 valence electrons. The zero-order valence-corrected chi connectivity index (χ0v) is 18.3. The first-order chi connectivity index (χ1) is 15.2.